The smallest absolute Gasteiger partial charge is 0.227 e. The van der Waals surface area contributed by atoms with Gasteiger partial charge in [-0.3, -0.25) is 9.59 Å². The van der Waals surface area contributed by atoms with E-state index in [9.17, 15) is 9.59 Å². The van der Waals surface area contributed by atoms with Crippen molar-refractivity contribution in [3.8, 4) is 0 Å². The summed E-state index contributed by atoms with van der Waals surface area (Å²) in [6, 6.07) is 7.91. The third-order valence-corrected chi connectivity index (χ3v) is 4.14. The van der Waals surface area contributed by atoms with Gasteiger partial charge in [-0.25, -0.2) is 0 Å². The number of hydrogen-bond donors (Lipinski definition) is 1. The van der Waals surface area contributed by atoms with Crippen LogP contribution in [0, 0.1) is 0 Å². The molecule has 0 bridgehead atoms. The molecular weight excluding hydrogens is 302 g/mol. The molecule has 1 aliphatic heterocycles. The molecule has 2 N–H and O–H groups in total. The lowest BCUT2D eigenvalue weighted by atomic mass is 10.0. The van der Waals surface area contributed by atoms with E-state index in [1.165, 1.54) is 5.56 Å². The molecule has 1 heterocycles. The summed E-state index contributed by atoms with van der Waals surface area (Å²) in [5, 5.41) is 0. The first kappa shape index (κ1) is 18.5. The van der Waals surface area contributed by atoms with Gasteiger partial charge in [-0.2, -0.15) is 0 Å². The van der Waals surface area contributed by atoms with Gasteiger partial charge in [0.05, 0.1) is 0 Å². The summed E-state index contributed by atoms with van der Waals surface area (Å²) in [7, 11) is 1.76. The number of likely N-dealkylation sites (N-methyl/N-ethyl adjacent to an activating group) is 1. The molecule has 0 saturated carbocycles. The quantitative estimate of drug-likeness (QED) is 0.894. The summed E-state index contributed by atoms with van der Waals surface area (Å²) in [5.74, 6) is 0.111. The summed E-state index contributed by atoms with van der Waals surface area (Å²) in [4.78, 5) is 27.6. The van der Waals surface area contributed by atoms with Gasteiger partial charge in [-0.15, -0.1) is 12.4 Å². The van der Waals surface area contributed by atoms with Gasteiger partial charge in [0.1, 0.15) is 0 Å². The number of rotatable bonds is 5. The first-order chi connectivity index (χ1) is 10.0. The van der Waals surface area contributed by atoms with E-state index in [1.54, 1.807) is 16.8 Å². The molecule has 22 heavy (non-hydrogen) atoms. The predicted molar refractivity (Wildman–Crippen MR) is 90.3 cm³/mol. The van der Waals surface area contributed by atoms with Crippen LogP contribution in [-0.4, -0.2) is 42.9 Å². The van der Waals surface area contributed by atoms with Crippen molar-refractivity contribution >= 4 is 29.9 Å². The Labute approximate surface area is 137 Å². The predicted octanol–water partition coefficient (Wildman–Crippen LogP) is 1.58. The average Bonchev–Trinajstić information content (AvgIpc) is 2.52. The SMILES string of the molecule is CC(CN)N(C)C(=O)CCN1C(=O)CCc2ccccc21.Cl. The van der Waals surface area contributed by atoms with Crippen molar-refractivity contribution in [3.05, 3.63) is 29.8 Å². The molecule has 2 rings (SSSR count). The second-order valence-corrected chi connectivity index (χ2v) is 5.51. The van der Waals surface area contributed by atoms with Crippen LogP contribution >= 0.6 is 12.4 Å². The van der Waals surface area contributed by atoms with Crippen LogP contribution < -0.4 is 10.6 Å². The van der Waals surface area contributed by atoms with Crippen LogP contribution in [0.15, 0.2) is 24.3 Å². The van der Waals surface area contributed by atoms with Crippen LogP contribution in [0.2, 0.25) is 0 Å². The standard InChI is InChI=1S/C16H23N3O2.ClH/c1-12(11-17)18(2)15(20)9-10-19-14-6-4-3-5-13(14)7-8-16(19)21;/h3-6,12H,7-11,17H2,1-2H3;1H. The van der Waals surface area contributed by atoms with Crippen LogP contribution in [0.5, 0.6) is 0 Å². The van der Waals surface area contributed by atoms with E-state index in [2.05, 4.69) is 0 Å². The third-order valence-electron chi connectivity index (χ3n) is 4.14. The number of carbonyl (C=O) groups excluding carboxylic acids is 2. The average molecular weight is 326 g/mol. The minimum absolute atomic E-state index is 0. The number of anilines is 1. The highest BCUT2D eigenvalue weighted by molar-refractivity contribution is 5.97. The second-order valence-electron chi connectivity index (χ2n) is 5.51. The molecular formula is C16H24ClN3O2. The fraction of sp³-hybridized carbons (Fsp3) is 0.500. The number of benzene rings is 1. The number of nitrogens with zero attached hydrogens (tertiary/aromatic N) is 2. The molecule has 0 radical (unpaired) electrons. The number of para-hydroxylation sites is 1. The number of halogens is 1. The van der Waals surface area contributed by atoms with E-state index in [1.807, 2.05) is 31.2 Å². The molecule has 6 heteroatoms. The molecule has 122 valence electrons. The molecule has 0 spiro atoms. The topological polar surface area (TPSA) is 66.6 Å². The Kier molecular flexibility index (Phi) is 6.84. The molecule has 2 amide bonds. The van der Waals surface area contributed by atoms with Crippen LogP contribution in [-0.2, 0) is 16.0 Å². The maximum Gasteiger partial charge on any atom is 0.227 e. The molecule has 0 aromatic heterocycles. The second kappa shape index (κ2) is 8.15. The number of amides is 2. The number of nitrogens with two attached hydrogens (primary N) is 1. The Morgan fingerprint density at radius 3 is 2.73 bits per heavy atom. The Hall–Kier alpha value is -1.59. The fourth-order valence-corrected chi connectivity index (χ4v) is 2.53. The van der Waals surface area contributed by atoms with Crippen LogP contribution in [0.4, 0.5) is 5.69 Å². The Morgan fingerprint density at radius 2 is 2.05 bits per heavy atom. The van der Waals surface area contributed by atoms with Gasteiger partial charge in [0.15, 0.2) is 0 Å². The Bertz CT molecular complexity index is 536. The zero-order valence-electron chi connectivity index (χ0n) is 13.1. The lowest BCUT2D eigenvalue weighted by molar-refractivity contribution is -0.131. The molecule has 1 atom stereocenters. The summed E-state index contributed by atoms with van der Waals surface area (Å²) < 4.78 is 0. The van der Waals surface area contributed by atoms with Crippen molar-refractivity contribution in [1.29, 1.82) is 0 Å². The van der Waals surface area contributed by atoms with E-state index in [0.29, 0.717) is 25.9 Å². The molecule has 5 nitrogen and oxygen atoms in total. The lowest BCUT2D eigenvalue weighted by Gasteiger charge is -2.30. The van der Waals surface area contributed by atoms with Crippen LogP contribution in [0.3, 0.4) is 0 Å². The lowest BCUT2D eigenvalue weighted by Crippen LogP contribution is -2.42. The summed E-state index contributed by atoms with van der Waals surface area (Å²) in [6.07, 6.45) is 1.62. The minimum atomic E-state index is 0. The molecule has 1 aliphatic rings. The number of aryl methyl sites for hydroxylation is 1. The van der Waals surface area contributed by atoms with E-state index in [0.717, 1.165) is 12.1 Å². The van der Waals surface area contributed by atoms with Crippen molar-refractivity contribution in [2.24, 2.45) is 5.73 Å². The molecule has 1 unspecified atom stereocenters. The zero-order chi connectivity index (χ0) is 15.4. The molecule has 1 aromatic rings. The van der Waals surface area contributed by atoms with Crippen molar-refractivity contribution in [3.63, 3.8) is 0 Å². The van der Waals surface area contributed by atoms with Gasteiger partial charge >= 0.3 is 0 Å². The van der Waals surface area contributed by atoms with Crippen LogP contribution in [0.25, 0.3) is 0 Å². The first-order valence-corrected chi connectivity index (χ1v) is 7.38. The van der Waals surface area contributed by atoms with Crippen molar-refractivity contribution < 1.29 is 9.59 Å². The van der Waals surface area contributed by atoms with Gasteiger partial charge < -0.3 is 15.5 Å². The van der Waals surface area contributed by atoms with Gasteiger partial charge in [0, 0.05) is 44.7 Å². The maximum atomic E-state index is 12.1. The molecule has 1 aromatic carbocycles. The Balaban J connectivity index is 0.00000242. The molecule has 0 saturated heterocycles. The summed E-state index contributed by atoms with van der Waals surface area (Å²) in [5.41, 5.74) is 7.69. The first-order valence-electron chi connectivity index (χ1n) is 7.38. The van der Waals surface area contributed by atoms with Gasteiger partial charge in [-0.1, -0.05) is 18.2 Å². The number of carbonyl (C=O) groups is 2. The van der Waals surface area contributed by atoms with Gasteiger partial charge in [0.25, 0.3) is 0 Å². The number of fused-ring (bicyclic) bond motifs is 1. The monoisotopic (exact) mass is 325 g/mol. The maximum absolute atomic E-state index is 12.1. The van der Waals surface area contributed by atoms with E-state index in [4.69, 9.17) is 5.73 Å². The highest BCUT2D eigenvalue weighted by Gasteiger charge is 2.25. The van der Waals surface area contributed by atoms with Gasteiger partial charge in [0.2, 0.25) is 11.8 Å². The minimum Gasteiger partial charge on any atom is -0.342 e. The van der Waals surface area contributed by atoms with E-state index >= 15 is 0 Å². The largest absolute Gasteiger partial charge is 0.342 e. The Morgan fingerprint density at radius 1 is 1.36 bits per heavy atom. The van der Waals surface area contributed by atoms with Gasteiger partial charge in [-0.05, 0) is 25.0 Å². The zero-order valence-corrected chi connectivity index (χ0v) is 13.9. The normalized spacial score (nSPS) is 14.9. The van der Waals surface area contributed by atoms with Crippen molar-refractivity contribution in [1.82, 2.24) is 4.90 Å². The summed E-state index contributed by atoms with van der Waals surface area (Å²) >= 11 is 0. The molecule has 0 aliphatic carbocycles. The number of hydrogen-bond acceptors (Lipinski definition) is 3. The third kappa shape index (κ3) is 3.99. The fourth-order valence-electron chi connectivity index (χ4n) is 2.53. The van der Waals surface area contributed by atoms with E-state index < -0.39 is 0 Å². The van der Waals surface area contributed by atoms with Crippen molar-refractivity contribution in [2.75, 3.05) is 25.0 Å². The molecule has 0 fully saturated rings. The van der Waals surface area contributed by atoms with Crippen molar-refractivity contribution in [2.45, 2.75) is 32.2 Å². The summed E-state index contributed by atoms with van der Waals surface area (Å²) in [6.45, 7) is 2.78. The van der Waals surface area contributed by atoms with E-state index in [-0.39, 0.29) is 30.3 Å². The highest BCUT2D eigenvalue weighted by Crippen LogP contribution is 2.27. The highest BCUT2D eigenvalue weighted by atomic mass is 35.5. The van der Waals surface area contributed by atoms with Crippen LogP contribution in [0.1, 0.15) is 25.3 Å².